The van der Waals surface area contributed by atoms with Crippen molar-refractivity contribution in [2.45, 2.75) is 44.1 Å². The van der Waals surface area contributed by atoms with Crippen LogP contribution < -0.4 is 0 Å². The summed E-state index contributed by atoms with van der Waals surface area (Å²) in [6.07, 6.45) is 3.80. The van der Waals surface area contributed by atoms with Crippen molar-refractivity contribution in [2.75, 3.05) is 18.8 Å². The lowest BCUT2D eigenvalue weighted by molar-refractivity contribution is -0.137. The maximum Gasteiger partial charge on any atom is 0.222 e. The van der Waals surface area contributed by atoms with E-state index in [1.54, 1.807) is 6.20 Å². The van der Waals surface area contributed by atoms with Crippen molar-refractivity contribution in [1.82, 2.24) is 9.88 Å². The Balaban J connectivity index is 1.43. The first-order chi connectivity index (χ1) is 10.6. The third kappa shape index (κ3) is 3.63. The lowest BCUT2D eigenvalue weighted by Gasteiger charge is -2.47. The number of amides is 1. The van der Waals surface area contributed by atoms with Crippen LogP contribution in [0.3, 0.4) is 0 Å². The van der Waals surface area contributed by atoms with E-state index in [9.17, 15) is 4.79 Å². The largest absolute Gasteiger partial charge is 0.371 e. The van der Waals surface area contributed by atoms with Gasteiger partial charge in [-0.15, -0.1) is 11.8 Å². The molecule has 5 heteroatoms. The highest BCUT2D eigenvalue weighted by Gasteiger charge is 2.50. The van der Waals surface area contributed by atoms with Gasteiger partial charge in [0.05, 0.1) is 23.2 Å². The lowest BCUT2D eigenvalue weighted by atomic mass is 9.92. The van der Waals surface area contributed by atoms with Gasteiger partial charge in [-0.05, 0) is 24.5 Å². The Morgan fingerprint density at radius 1 is 1.50 bits per heavy atom. The predicted molar refractivity (Wildman–Crippen MR) is 88.7 cm³/mol. The van der Waals surface area contributed by atoms with Crippen molar-refractivity contribution in [2.24, 2.45) is 5.92 Å². The van der Waals surface area contributed by atoms with Crippen LogP contribution in [0, 0.1) is 5.92 Å². The normalized spacial score (nSPS) is 23.0. The molecule has 0 saturated carbocycles. The molecule has 0 N–H and O–H groups in total. The van der Waals surface area contributed by atoms with Crippen LogP contribution in [0.5, 0.6) is 0 Å². The van der Waals surface area contributed by atoms with Gasteiger partial charge in [-0.1, -0.05) is 19.9 Å². The van der Waals surface area contributed by atoms with Gasteiger partial charge in [0.25, 0.3) is 0 Å². The number of likely N-dealkylation sites (tertiary alicyclic amines) is 1. The van der Waals surface area contributed by atoms with Crippen LogP contribution in [-0.2, 0) is 16.1 Å². The number of thioether (sulfide) groups is 1. The minimum absolute atomic E-state index is 0.251. The van der Waals surface area contributed by atoms with E-state index in [1.165, 1.54) is 0 Å². The fourth-order valence-corrected chi connectivity index (χ4v) is 4.67. The number of aromatic nitrogens is 1. The first kappa shape index (κ1) is 15.8. The van der Waals surface area contributed by atoms with Crippen molar-refractivity contribution < 1.29 is 9.53 Å². The molecule has 1 aromatic heterocycles. The van der Waals surface area contributed by atoms with Crippen LogP contribution >= 0.6 is 11.8 Å². The van der Waals surface area contributed by atoms with Crippen LogP contribution in [0.1, 0.15) is 32.4 Å². The molecule has 120 valence electrons. The summed E-state index contributed by atoms with van der Waals surface area (Å²) in [6.45, 7) is 6.57. The third-order valence-electron chi connectivity index (χ3n) is 4.26. The van der Waals surface area contributed by atoms with Gasteiger partial charge >= 0.3 is 0 Å². The van der Waals surface area contributed by atoms with Crippen LogP contribution in [0.2, 0.25) is 0 Å². The Kier molecular flexibility index (Phi) is 4.73. The van der Waals surface area contributed by atoms with E-state index in [1.807, 2.05) is 34.9 Å². The van der Waals surface area contributed by atoms with Gasteiger partial charge in [-0.25, -0.2) is 0 Å². The maximum absolute atomic E-state index is 12.0. The lowest BCUT2D eigenvalue weighted by Crippen LogP contribution is -2.60. The number of carbonyl (C=O) groups is 1. The molecular formula is C17H24N2O2S. The van der Waals surface area contributed by atoms with E-state index in [0.29, 0.717) is 24.9 Å². The minimum Gasteiger partial charge on any atom is -0.371 e. The van der Waals surface area contributed by atoms with E-state index in [4.69, 9.17) is 4.74 Å². The second-order valence-electron chi connectivity index (χ2n) is 6.80. The van der Waals surface area contributed by atoms with E-state index in [2.05, 4.69) is 18.8 Å². The summed E-state index contributed by atoms with van der Waals surface area (Å²) in [5, 5.41) is 0. The number of nitrogens with zero attached hydrogens (tertiary/aromatic N) is 2. The molecule has 4 nitrogen and oxygen atoms in total. The zero-order valence-electron chi connectivity index (χ0n) is 13.3. The molecular weight excluding hydrogens is 296 g/mol. The zero-order chi connectivity index (χ0) is 15.6. The third-order valence-corrected chi connectivity index (χ3v) is 5.84. The van der Waals surface area contributed by atoms with Gasteiger partial charge in [0.2, 0.25) is 5.91 Å². The van der Waals surface area contributed by atoms with E-state index in [-0.39, 0.29) is 10.9 Å². The summed E-state index contributed by atoms with van der Waals surface area (Å²) in [4.78, 5) is 18.3. The van der Waals surface area contributed by atoms with Crippen molar-refractivity contribution >= 4 is 17.7 Å². The first-order valence-electron chi connectivity index (χ1n) is 8.00. The fourth-order valence-electron chi connectivity index (χ4n) is 3.12. The summed E-state index contributed by atoms with van der Waals surface area (Å²) in [5.74, 6) is 1.77. The van der Waals surface area contributed by atoms with Crippen LogP contribution in [0.4, 0.5) is 0 Å². The Labute approximate surface area is 136 Å². The Morgan fingerprint density at radius 3 is 3.00 bits per heavy atom. The van der Waals surface area contributed by atoms with Crippen LogP contribution in [0.15, 0.2) is 24.4 Å². The summed E-state index contributed by atoms with van der Waals surface area (Å²) >= 11 is 1.98. The molecule has 0 aromatic carbocycles. The van der Waals surface area contributed by atoms with Gasteiger partial charge < -0.3 is 9.64 Å². The SMILES string of the molecule is CC(C)CC(=O)N1CC2(CC(OCc3ccccn3)CS2)C1. The molecule has 0 bridgehead atoms. The van der Waals surface area contributed by atoms with Gasteiger partial charge in [0.15, 0.2) is 0 Å². The molecule has 2 fully saturated rings. The molecule has 2 aliphatic heterocycles. The fraction of sp³-hybridized carbons (Fsp3) is 0.647. The highest BCUT2D eigenvalue weighted by molar-refractivity contribution is 8.01. The molecule has 22 heavy (non-hydrogen) atoms. The topological polar surface area (TPSA) is 42.4 Å². The van der Waals surface area contributed by atoms with Crippen molar-refractivity contribution in [1.29, 1.82) is 0 Å². The number of hydrogen-bond donors (Lipinski definition) is 0. The molecule has 1 spiro atoms. The molecule has 1 aromatic rings. The molecule has 2 saturated heterocycles. The smallest absolute Gasteiger partial charge is 0.222 e. The Morgan fingerprint density at radius 2 is 2.32 bits per heavy atom. The standard InChI is InChI=1S/C17H24N2O2S/c1-13(2)7-16(20)19-11-17(12-19)8-15(10-22-17)21-9-14-5-3-4-6-18-14/h3-6,13,15H,7-12H2,1-2H3. The van der Waals surface area contributed by atoms with Crippen molar-refractivity contribution in [3.05, 3.63) is 30.1 Å². The van der Waals surface area contributed by atoms with E-state index >= 15 is 0 Å². The Hall–Kier alpha value is -1.07. The molecule has 2 aliphatic rings. The predicted octanol–water partition coefficient (Wildman–Crippen LogP) is 2.73. The van der Waals surface area contributed by atoms with Gasteiger partial charge in [-0.3, -0.25) is 9.78 Å². The number of carbonyl (C=O) groups excluding carboxylic acids is 1. The van der Waals surface area contributed by atoms with Crippen molar-refractivity contribution in [3.8, 4) is 0 Å². The zero-order valence-corrected chi connectivity index (χ0v) is 14.1. The second kappa shape index (κ2) is 6.59. The molecule has 0 radical (unpaired) electrons. The monoisotopic (exact) mass is 320 g/mol. The molecule has 1 unspecified atom stereocenters. The highest BCUT2D eigenvalue weighted by atomic mass is 32.2. The summed E-state index contributed by atoms with van der Waals surface area (Å²) < 4.78 is 6.25. The molecule has 3 heterocycles. The number of pyridine rings is 1. The average molecular weight is 320 g/mol. The van der Waals surface area contributed by atoms with E-state index in [0.717, 1.165) is 31.0 Å². The second-order valence-corrected chi connectivity index (χ2v) is 8.29. The Bertz CT molecular complexity index is 515. The molecule has 1 atom stereocenters. The van der Waals surface area contributed by atoms with Gasteiger partial charge in [-0.2, -0.15) is 0 Å². The van der Waals surface area contributed by atoms with Gasteiger partial charge in [0, 0.05) is 31.5 Å². The first-order valence-corrected chi connectivity index (χ1v) is 8.98. The van der Waals surface area contributed by atoms with Gasteiger partial charge in [0.1, 0.15) is 0 Å². The summed E-state index contributed by atoms with van der Waals surface area (Å²) in [6, 6.07) is 5.90. The number of ether oxygens (including phenoxy) is 1. The van der Waals surface area contributed by atoms with Crippen LogP contribution in [-0.4, -0.2) is 45.5 Å². The van der Waals surface area contributed by atoms with E-state index < -0.39 is 0 Å². The number of hydrogen-bond acceptors (Lipinski definition) is 4. The molecule has 0 aliphatic carbocycles. The highest BCUT2D eigenvalue weighted by Crippen LogP contribution is 2.46. The van der Waals surface area contributed by atoms with Crippen molar-refractivity contribution in [3.63, 3.8) is 0 Å². The number of rotatable bonds is 5. The minimum atomic E-state index is 0.251. The van der Waals surface area contributed by atoms with Crippen LogP contribution in [0.25, 0.3) is 0 Å². The maximum atomic E-state index is 12.0. The average Bonchev–Trinajstić information content (AvgIpc) is 2.88. The quantitative estimate of drug-likeness (QED) is 0.836. The summed E-state index contributed by atoms with van der Waals surface area (Å²) in [7, 11) is 0. The summed E-state index contributed by atoms with van der Waals surface area (Å²) in [5.41, 5.74) is 0.982. The molecule has 3 rings (SSSR count). The molecule has 1 amide bonds.